The minimum atomic E-state index is 0.0190. The summed E-state index contributed by atoms with van der Waals surface area (Å²) in [4.78, 5) is 16.8. The molecule has 1 aromatic heterocycles. The van der Waals surface area contributed by atoms with Gasteiger partial charge in [0.2, 0.25) is 0 Å². The number of rotatable bonds is 5. The highest BCUT2D eigenvalue weighted by atomic mass is 16.2. The summed E-state index contributed by atoms with van der Waals surface area (Å²) >= 11 is 0. The summed E-state index contributed by atoms with van der Waals surface area (Å²) in [6.45, 7) is 11.0. The van der Waals surface area contributed by atoms with Crippen LogP contribution in [0.2, 0.25) is 0 Å². The van der Waals surface area contributed by atoms with Crippen LogP contribution in [0.25, 0.3) is 16.5 Å². The molecule has 5 nitrogen and oxygen atoms in total. The molecule has 0 saturated heterocycles. The average Bonchev–Trinajstić information content (AvgIpc) is 3.03. The maximum absolute atomic E-state index is 12.6. The van der Waals surface area contributed by atoms with E-state index in [-0.39, 0.29) is 12.1 Å². The normalized spacial score (nSPS) is 21.2. The van der Waals surface area contributed by atoms with Gasteiger partial charge in [0, 0.05) is 49.3 Å². The Kier molecular flexibility index (Phi) is 5.02. The number of nitrogens with one attached hydrogen (secondary N) is 1. The van der Waals surface area contributed by atoms with Crippen LogP contribution in [0.3, 0.4) is 0 Å². The van der Waals surface area contributed by atoms with E-state index in [1.807, 2.05) is 24.8 Å². The first kappa shape index (κ1) is 18.8. The molecule has 4 rings (SSSR count). The zero-order valence-electron chi connectivity index (χ0n) is 17.1. The number of hydrogen-bond acceptors (Lipinski definition) is 2. The number of allylic oxidation sites excluding steroid dienone is 1. The van der Waals surface area contributed by atoms with Crippen LogP contribution >= 0.6 is 0 Å². The predicted molar refractivity (Wildman–Crippen MR) is 115 cm³/mol. The van der Waals surface area contributed by atoms with E-state index in [9.17, 15) is 4.79 Å². The third-order valence-electron chi connectivity index (χ3n) is 6.15. The van der Waals surface area contributed by atoms with Crippen molar-refractivity contribution in [3.05, 3.63) is 54.3 Å². The molecule has 2 atom stereocenters. The van der Waals surface area contributed by atoms with Gasteiger partial charge in [0.25, 0.3) is 0 Å². The van der Waals surface area contributed by atoms with Crippen molar-refractivity contribution in [1.82, 2.24) is 19.7 Å². The molecule has 0 saturated carbocycles. The van der Waals surface area contributed by atoms with Crippen molar-refractivity contribution in [2.24, 2.45) is 0 Å². The number of fused-ring (bicyclic) bond motifs is 2. The Morgan fingerprint density at radius 2 is 2.14 bits per heavy atom. The van der Waals surface area contributed by atoms with E-state index in [1.165, 1.54) is 27.6 Å². The first-order valence-electron chi connectivity index (χ1n) is 10.3. The van der Waals surface area contributed by atoms with Gasteiger partial charge in [-0.3, -0.25) is 4.90 Å². The van der Waals surface area contributed by atoms with E-state index >= 15 is 0 Å². The first-order chi connectivity index (χ1) is 13.6. The summed E-state index contributed by atoms with van der Waals surface area (Å²) in [6.07, 6.45) is 7.53. The van der Waals surface area contributed by atoms with Gasteiger partial charge in [-0.15, -0.1) is 6.58 Å². The van der Waals surface area contributed by atoms with E-state index in [1.54, 1.807) is 0 Å². The minimum absolute atomic E-state index is 0.0190. The summed E-state index contributed by atoms with van der Waals surface area (Å²) in [5.74, 6) is 0. The fourth-order valence-corrected chi connectivity index (χ4v) is 4.77. The van der Waals surface area contributed by atoms with Crippen LogP contribution in [0.4, 0.5) is 4.79 Å². The minimum Gasteiger partial charge on any atom is -0.343 e. The van der Waals surface area contributed by atoms with Gasteiger partial charge >= 0.3 is 6.03 Å². The van der Waals surface area contributed by atoms with Gasteiger partial charge in [-0.25, -0.2) is 4.79 Å². The smallest absolute Gasteiger partial charge is 0.317 e. The molecule has 0 spiro atoms. The Balaban J connectivity index is 1.72. The Morgan fingerprint density at radius 3 is 2.86 bits per heavy atom. The molecule has 2 aromatic rings. The van der Waals surface area contributed by atoms with Gasteiger partial charge in [-0.05, 0) is 50.1 Å². The maximum Gasteiger partial charge on any atom is 0.317 e. The highest BCUT2D eigenvalue weighted by molar-refractivity contribution is 5.99. The van der Waals surface area contributed by atoms with E-state index in [2.05, 4.69) is 58.9 Å². The molecule has 1 N–H and O–H groups in total. The fraction of sp³-hybridized carbons (Fsp3) is 0.435. The molecule has 0 radical (unpaired) electrons. The molecular weight excluding hydrogens is 348 g/mol. The molecular formula is C23H30N4O. The second kappa shape index (κ2) is 7.47. The summed E-state index contributed by atoms with van der Waals surface area (Å²) in [6, 6.07) is 6.97. The maximum atomic E-state index is 12.6. The topological polar surface area (TPSA) is 40.5 Å². The summed E-state index contributed by atoms with van der Waals surface area (Å²) in [5, 5.41) is 4.57. The number of likely N-dealkylation sites (N-methyl/N-ethyl adjacent to an activating group) is 1. The van der Waals surface area contributed by atoms with Crippen molar-refractivity contribution in [2.75, 3.05) is 26.7 Å². The Labute approximate surface area is 167 Å². The van der Waals surface area contributed by atoms with Crippen LogP contribution < -0.4 is 5.32 Å². The third-order valence-corrected chi connectivity index (χ3v) is 6.15. The molecule has 2 aliphatic rings. The Hall–Kier alpha value is -2.53. The van der Waals surface area contributed by atoms with Crippen LogP contribution in [-0.4, -0.2) is 59.2 Å². The average molecular weight is 379 g/mol. The van der Waals surface area contributed by atoms with E-state index in [4.69, 9.17) is 0 Å². The van der Waals surface area contributed by atoms with Crippen LogP contribution in [0, 0.1) is 0 Å². The van der Waals surface area contributed by atoms with Crippen LogP contribution in [0.1, 0.15) is 25.0 Å². The van der Waals surface area contributed by atoms with Crippen LogP contribution in [-0.2, 0) is 13.0 Å². The lowest BCUT2D eigenvalue weighted by Gasteiger charge is -2.40. The largest absolute Gasteiger partial charge is 0.343 e. The molecule has 2 heterocycles. The molecule has 0 fully saturated rings. The quantitative estimate of drug-likeness (QED) is 0.809. The number of aromatic nitrogens is 1. The van der Waals surface area contributed by atoms with Crippen molar-refractivity contribution < 1.29 is 4.79 Å². The van der Waals surface area contributed by atoms with Crippen molar-refractivity contribution in [3.8, 4) is 0 Å². The number of hydrogen-bond donors (Lipinski definition) is 1. The Bertz CT molecular complexity index is 937. The number of nitrogens with zero attached hydrogens (tertiary/aromatic N) is 3. The second-order valence-electron chi connectivity index (χ2n) is 7.80. The molecule has 2 amide bonds. The molecule has 0 bridgehead atoms. The van der Waals surface area contributed by atoms with E-state index < -0.39 is 0 Å². The molecule has 0 unspecified atom stereocenters. The lowest BCUT2D eigenvalue weighted by atomic mass is 9.81. The number of urea groups is 1. The van der Waals surface area contributed by atoms with Gasteiger partial charge in [0.05, 0.1) is 6.04 Å². The van der Waals surface area contributed by atoms with Gasteiger partial charge in [-0.1, -0.05) is 24.3 Å². The fourth-order valence-electron chi connectivity index (χ4n) is 4.77. The monoisotopic (exact) mass is 378 g/mol. The zero-order valence-corrected chi connectivity index (χ0v) is 17.1. The first-order valence-corrected chi connectivity index (χ1v) is 10.3. The molecule has 1 aromatic carbocycles. The molecule has 148 valence electrons. The zero-order chi connectivity index (χ0) is 19.8. The van der Waals surface area contributed by atoms with Crippen molar-refractivity contribution in [1.29, 1.82) is 0 Å². The predicted octanol–water partition coefficient (Wildman–Crippen LogP) is 3.50. The third kappa shape index (κ3) is 3.04. The van der Waals surface area contributed by atoms with Gasteiger partial charge < -0.3 is 14.8 Å². The SMILES string of the molecule is C=CCn1cc2c3c(cccc31)C1=C[C@H](NC(=O)N(CC)CC)CN(C)[C@@H]1C2. The highest BCUT2D eigenvalue weighted by Gasteiger charge is 2.34. The van der Waals surface area contributed by atoms with Crippen molar-refractivity contribution in [3.63, 3.8) is 0 Å². The van der Waals surface area contributed by atoms with E-state index in [0.29, 0.717) is 6.04 Å². The number of carbonyl (C=O) groups is 1. The standard InChI is InChI=1S/C23H30N4O/c1-5-11-27-14-16-12-21-19(18-9-8-10-20(27)22(16)18)13-17(15-25(21)4)24-23(28)26(6-2)7-3/h5,8-10,13-14,17,21H,1,6-7,11-12,15H2,2-4H3,(H,24,28)/t17-,21+/m0/s1. The summed E-state index contributed by atoms with van der Waals surface area (Å²) in [5.41, 5.74) is 5.32. The van der Waals surface area contributed by atoms with Crippen molar-refractivity contribution >= 4 is 22.5 Å². The lowest BCUT2D eigenvalue weighted by molar-refractivity contribution is 0.193. The number of benzene rings is 1. The number of amides is 2. The molecule has 1 aliphatic carbocycles. The molecule has 28 heavy (non-hydrogen) atoms. The van der Waals surface area contributed by atoms with Crippen LogP contribution in [0.5, 0.6) is 0 Å². The van der Waals surface area contributed by atoms with Gasteiger partial charge in [-0.2, -0.15) is 0 Å². The van der Waals surface area contributed by atoms with Gasteiger partial charge in [0.15, 0.2) is 0 Å². The van der Waals surface area contributed by atoms with E-state index in [0.717, 1.165) is 32.6 Å². The van der Waals surface area contributed by atoms with Crippen LogP contribution in [0.15, 0.2) is 43.1 Å². The molecule has 5 heteroatoms. The lowest BCUT2D eigenvalue weighted by Crippen LogP contribution is -2.52. The summed E-state index contributed by atoms with van der Waals surface area (Å²) in [7, 11) is 2.17. The number of carbonyl (C=O) groups excluding carboxylic acids is 1. The Morgan fingerprint density at radius 1 is 1.36 bits per heavy atom. The van der Waals surface area contributed by atoms with Gasteiger partial charge in [0.1, 0.15) is 0 Å². The molecule has 1 aliphatic heterocycles. The highest BCUT2D eigenvalue weighted by Crippen LogP contribution is 2.40. The summed E-state index contributed by atoms with van der Waals surface area (Å²) < 4.78 is 2.29. The second-order valence-corrected chi connectivity index (χ2v) is 7.80. The van der Waals surface area contributed by atoms with Crippen molar-refractivity contribution in [2.45, 2.75) is 38.9 Å².